The predicted octanol–water partition coefficient (Wildman–Crippen LogP) is 2.34. The zero-order chi connectivity index (χ0) is 11.8. The molecule has 0 fully saturated rings. The first kappa shape index (κ1) is 9.89. The smallest absolute Gasteiger partial charge is 0.407 e. The maximum atomic E-state index is 10.9. The number of fused-ring (bicyclic) bond motifs is 1. The van der Waals surface area contributed by atoms with Crippen molar-refractivity contribution in [3.05, 3.63) is 41.6 Å². The molecule has 1 aromatic heterocycles. The fourth-order valence-electron chi connectivity index (χ4n) is 2.05. The molecule has 0 radical (unpaired) electrons. The number of carbonyl (C=O) groups is 1. The van der Waals surface area contributed by atoms with Crippen LogP contribution in [0.5, 0.6) is 0 Å². The highest BCUT2D eigenvalue weighted by atomic mass is 16.5. The third-order valence-corrected chi connectivity index (χ3v) is 2.92. The summed E-state index contributed by atoms with van der Waals surface area (Å²) in [6.45, 7) is 0.897. The van der Waals surface area contributed by atoms with E-state index in [1.807, 2.05) is 18.2 Å². The van der Waals surface area contributed by atoms with Gasteiger partial charge in [-0.3, -0.25) is 4.90 Å². The number of hydrogen-bond acceptors (Lipinski definition) is 3. The Balaban J connectivity index is 1.95. The van der Waals surface area contributed by atoms with Crippen molar-refractivity contribution in [3.8, 4) is 11.3 Å². The van der Waals surface area contributed by atoms with Gasteiger partial charge in [0.15, 0.2) is 5.76 Å². The lowest BCUT2D eigenvalue weighted by Crippen LogP contribution is -2.22. The number of aromatic nitrogens is 1. The summed E-state index contributed by atoms with van der Waals surface area (Å²) in [4.78, 5) is 12.3. The van der Waals surface area contributed by atoms with Crippen LogP contribution in [0, 0.1) is 0 Å². The molecule has 0 unspecified atom stereocenters. The Morgan fingerprint density at radius 2 is 2.12 bits per heavy atom. The molecule has 0 saturated carbocycles. The fraction of sp³-hybridized carbons (Fsp3) is 0.167. The number of nitrogens with zero attached hydrogens (tertiary/aromatic N) is 2. The van der Waals surface area contributed by atoms with Crippen LogP contribution in [0.25, 0.3) is 11.3 Å². The summed E-state index contributed by atoms with van der Waals surface area (Å²) in [5.74, 6) is 0.696. The first-order chi connectivity index (χ1) is 8.24. The molecule has 1 aliphatic rings. The zero-order valence-electron chi connectivity index (χ0n) is 8.96. The predicted molar refractivity (Wildman–Crippen MR) is 59.2 cm³/mol. The number of rotatable bonds is 1. The van der Waals surface area contributed by atoms with Crippen LogP contribution >= 0.6 is 0 Å². The van der Waals surface area contributed by atoms with E-state index in [4.69, 9.17) is 9.63 Å². The molecule has 1 aromatic carbocycles. The Morgan fingerprint density at radius 3 is 2.82 bits per heavy atom. The molecule has 0 bridgehead atoms. The van der Waals surface area contributed by atoms with E-state index in [9.17, 15) is 4.79 Å². The summed E-state index contributed by atoms with van der Waals surface area (Å²) >= 11 is 0. The van der Waals surface area contributed by atoms with Crippen molar-refractivity contribution in [2.24, 2.45) is 0 Å². The van der Waals surface area contributed by atoms with Gasteiger partial charge in [-0.25, -0.2) is 4.79 Å². The standard InChI is InChI=1S/C12H10N2O3/c15-12(16)14-6-9-2-1-8(5-10(9)7-14)11-3-4-13-17-11/h1-5H,6-7H2,(H,15,16). The summed E-state index contributed by atoms with van der Waals surface area (Å²) < 4.78 is 5.07. The highest BCUT2D eigenvalue weighted by Gasteiger charge is 2.23. The van der Waals surface area contributed by atoms with E-state index in [1.165, 1.54) is 4.90 Å². The van der Waals surface area contributed by atoms with Crippen molar-refractivity contribution in [1.82, 2.24) is 10.1 Å². The maximum absolute atomic E-state index is 10.9. The second-order valence-electron chi connectivity index (χ2n) is 4.00. The lowest BCUT2D eigenvalue weighted by atomic mass is 10.1. The highest BCUT2D eigenvalue weighted by molar-refractivity contribution is 5.67. The molecular weight excluding hydrogens is 220 g/mol. The van der Waals surface area contributed by atoms with Gasteiger partial charge in [0.25, 0.3) is 0 Å². The van der Waals surface area contributed by atoms with Gasteiger partial charge >= 0.3 is 6.09 Å². The summed E-state index contributed by atoms with van der Waals surface area (Å²) in [7, 11) is 0. The highest BCUT2D eigenvalue weighted by Crippen LogP contribution is 2.28. The summed E-state index contributed by atoms with van der Waals surface area (Å²) in [6, 6.07) is 7.60. The summed E-state index contributed by atoms with van der Waals surface area (Å²) in [6.07, 6.45) is 0.703. The largest absolute Gasteiger partial charge is 0.465 e. The normalized spacial score (nSPS) is 13.8. The third kappa shape index (κ3) is 1.65. The minimum atomic E-state index is -0.887. The van der Waals surface area contributed by atoms with Gasteiger partial charge in [0, 0.05) is 24.7 Å². The minimum absolute atomic E-state index is 0.437. The van der Waals surface area contributed by atoms with Crippen LogP contribution in [0.3, 0.4) is 0 Å². The SMILES string of the molecule is O=C(O)N1Cc2ccc(-c3ccno3)cc2C1. The van der Waals surface area contributed by atoms with Gasteiger partial charge in [-0.1, -0.05) is 17.3 Å². The Hall–Kier alpha value is -2.30. The molecule has 86 valence electrons. The first-order valence-electron chi connectivity index (χ1n) is 5.25. The van der Waals surface area contributed by atoms with Gasteiger partial charge in [-0.15, -0.1) is 0 Å². The molecule has 0 atom stereocenters. The number of benzene rings is 1. The van der Waals surface area contributed by atoms with Crippen LogP contribution < -0.4 is 0 Å². The van der Waals surface area contributed by atoms with E-state index in [2.05, 4.69) is 5.16 Å². The lowest BCUT2D eigenvalue weighted by molar-refractivity contribution is 0.145. The fourth-order valence-corrected chi connectivity index (χ4v) is 2.05. The molecule has 0 saturated heterocycles. The number of amides is 1. The Morgan fingerprint density at radius 1 is 1.29 bits per heavy atom. The van der Waals surface area contributed by atoms with Crippen molar-refractivity contribution < 1.29 is 14.4 Å². The van der Waals surface area contributed by atoms with Crippen molar-refractivity contribution >= 4 is 6.09 Å². The molecule has 0 aliphatic carbocycles. The van der Waals surface area contributed by atoms with Crippen LogP contribution in [0.15, 0.2) is 35.0 Å². The monoisotopic (exact) mass is 230 g/mol. The third-order valence-electron chi connectivity index (χ3n) is 2.92. The van der Waals surface area contributed by atoms with Crippen molar-refractivity contribution in [3.63, 3.8) is 0 Å². The Labute approximate surface area is 97.3 Å². The molecular formula is C12H10N2O3. The van der Waals surface area contributed by atoms with Crippen LogP contribution in [0.2, 0.25) is 0 Å². The molecule has 2 heterocycles. The number of hydrogen-bond donors (Lipinski definition) is 1. The molecule has 5 nitrogen and oxygen atoms in total. The van der Waals surface area contributed by atoms with Crippen LogP contribution in [-0.2, 0) is 13.1 Å². The van der Waals surface area contributed by atoms with Gasteiger partial charge in [-0.05, 0) is 17.2 Å². The van der Waals surface area contributed by atoms with E-state index in [0.717, 1.165) is 16.7 Å². The van der Waals surface area contributed by atoms with E-state index >= 15 is 0 Å². The van der Waals surface area contributed by atoms with Gasteiger partial charge < -0.3 is 9.63 Å². The van der Waals surface area contributed by atoms with Crippen molar-refractivity contribution in [2.45, 2.75) is 13.1 Å². The van der Waals surface area contributed by atoms with Crippen molar-refractivity contribution in [1.29, 1.82) is 0 Å². The Kier molecular flexibility index (Phi) is 2.11. The molecule has 1 aliphatic heterocycles. The second kappa shape index (κ2) is 3.62. The lowest BCUT2D eigenvalue weighted by Gasteiger charge is -2.08. The molecule has 1 N–H and O–H groups in total. The summed E-state index contributed by atoms with van der Waals surface area (Å²) in [5, 5.41) is 12.6. The molecule has 3 rings (SSSR count). The second-order valence-corrected chi connectivity index (χ2v) is 4.00. The molecule has 0 spiro atoms. The minimum Gasteiger partial charge on any atom is -0.465 e. The quantitative estimate of drug-likeness (QED) is 0.816. The van der Waals surface area contributed by atoms with Crippen molar-refractivity contribution in [2.75, 3.05) is 0 Å². The maximum Gasteiger partial charge on any atom is 0.407 e. The van der Waals surface area contributed by atoms with Crippen LogP contribution in [0.1, 0.15) is 11.1 Å². The molecule has 17 heavy (non-hydrogen) atoms. The van der Waals surface area contributed by atoms with Gasteiger partial charge in [0.2, 0.25) is 0 Å². The van der Waals surface area contributed by atoms with Gasteiger partial charge in [-0.2, -0.15) is 0 Å². The average molecular weight is 230 g/mol. The van der Waals surface area contributed by atoms with Gasteiger partial charge in [0.1, 0.15) is 0 Å². The average Bonchev–Trinajstić information content (AvgIpc) is 2.97. The molecule has 5 heteroatoms. The first-order valence-corrected chi connectivity index (χ1v) is 5.25. The Bertz CT molecular complexity index is 563. The van der Waals surface area contributed by atoms with E-state index in [1.54, 1.807) is 12.3 Å². The van der Waals surface area contributed by atoms with Gasteiger partial charge in [0.05, 0.1) is 6.20 Å². The van der Waals surface area contributed by atoms with E-state index < -0.39 is 6.09 Å². The van der Waals surface area contributed by atoms with E-state index in [0.29, 0.717) is 18.8 Å². The molecule has 1 amide bonds. The van der Waals surface area contributed by atoms with Crippen LogP contribution in [-0.4, -0.2) is 21.3 Å². The summed E-state index contributed by atoms with van der Waals surface area (Å²) in [5.41, 5.74) is 3.01. The zero-order valence-corrected chi connectivity index (χ0v) is 8.96. The van der Waals surface area contributed by atoms with E-state index in [-0.39, 0.29) is 0 Å². The number of carboxylic acid groups (broad SMARTS) is 1. The van der Waals surface area contributed by atoms with Crippen LogP contribution in [0.4, 0.5) is 4.79 Å². The topological polar surface area (TPSA) is 66.6 Å². The molecule has 2 aromatic rings.